The van der Waals surface area contributed by atoms with E-state index in [1.165, 1.54) is 13.2 Å². The van der Waals surface area contributed by atoms with Gasteiger partial charge in [-0.1, -0.05) is 29.8 Å². The topological polar surface area (TPSA) is 79.5 Å². The zero-order valence-electron chi connectivity index (χ0n) is 13.8. The highest BCUT2D eigenvalue weighted by molar-refractivity contribution is 7.80. The summed E-state index contributed by atoms with van der Waals surface area (Å²) in [6.45, 7) is 0. The molecule has 2 rings (SSSR count). The quantitative estimate of drug-likeness (QED) is 0.425. The molecule has 2 amide bonds. The second kappa shape index (κ2) is 9.55. The highest BCUT2D eigenvalue weighted by Gasteiger charge is 2.07. The van der Waals surface area contributed by atoms with Crippen molar-refractivity contribution in [2.75, 3.05) is 7.11 Å². The smallest absolute Gasteiger partial charge is 0.269 e. The maximum Gasteiger partial charge on any atom is 0.269 e. The maximum atomic E-state index is 12.0. The molecule has 0 saturated carbocycles. The molecule has 0 saturated heterocycles. The number of benzene rings is 2. The zero-order valence-corrected chi connectivity index (χ0v) is 15.4. The normalized spacial score (nSPS) is 10.2. The highest BCUT2D eigenvalue weighted by Crippen LogP contribution is 2.16. The van der Waals surface area contributed by atoms with E-state index in [4.69, 9.17) is 28.6 Å². The molecule has 0 spiro atoms. The van der Waals surface area contributed by atoms with E-state index in [0.717, 1.165) is 0 Å². The van der Waals surface area contributed by atoms with E-state index in [2.05, 4.69) is 16.2 Å². The summed E-state index contributed by atoms with van der Waals surface area (Å²) < 4.78 is 5.02. The fourth-order valence-electron chi connectivity index (χ4n) is 1.89. The van der Waals surface area contributed by atoms with Crippen molar-refractivity contribution in [3.05, 3.63) is 70.8 Å². The Morgan fingerprint density at radius 3 is 2.42 bits per heavy atom. The standard InChI is InChI=1S/C18H16ClN3O3S/c1-25-14-9-6-13(7-10-14)17(24)21-22-18(26)20-16(23)11-8-12-4-2-3-5-15(12)19/h2-11H,1H3,(H,21,24)(H2,20,22,23,26)/b11-8+. The summed E-state index contributed by atoms with van der Waals surface area (Å²) in [6, 6.07) is 13.6. The van der Waals surface area contributed by atoms with E-state index < -0.39 is 11.8 Å². The largest absolute Gasteiger partial charge is 0.497 e. The van der Waals surface area contributed by atoms with Crippen LogP contribution < -0.4 is 20.9 Å². The Labute approximate surface area is 161 Å². The van der Waals surface area contributed by atoms with Crippen molar-refractivity contribution >= 4 is 46.8 Å². The van der Waals surface area contributed by atoms with Gasteiger partial charge in [-0.05, 0) is 54.2 Å². The van der Waals surface area contributed by atoms with Crippen molar-refractivity contribution in [3.63, 3.8) is 0 Å². The summed E-state index contributed by atoms with van der Waals surface area (Å²) >= 11 is 11.0. The molecular weight excluding hydrogens is 374 g/mol. The van der Waals surface area contributed by atoms with Crippen molar-refractivity contribution in [1.29, 1.82) is 0 Å². The van der Waals surface area contributed by atoms with E-state index in [-0.39, 0.29) is 5.11 Å². The van der Waals surface area contributed by atoms with Gasteiger partial charge >= 0.3 is 0 Å². The molecule has 0 bridgehead atoms. The van der Waals surface area contributed by atoms with Crippen molar-refractivity contribution < 1.29 is 14.3 Å². The van der Waals surface area contributed by atoms with Crippen molar-refractivity contribution in [3.8, 4) is 5.75 Å². The molecule has 0 heterocycles. The number of thiocarbonyl (C=S) groups is 1. The molecule has 8 heteroatoms. The highest BCUT2D eigenvalue weighted by atomic mass is 35.5. The lowest BCUT2D eigenvalue weighted by atomic mass is 10.2. The molecule has 0 aliphatic heterocycles. The Kier molecular flexibility index (Phi) is 7.13. The van der Waals surface area contributed by atoms with E-state index >= 15 is 0 Å². The number of hydrogen-bond donors (Lipinski definition) is 3. The van der Waals surface area contributed by atoms with Crippen LogP contribution in [-0.4, -0.2) is 24.0 Å². The van der Waals surface area contributed by atoms with Gasteiger partial charge in [0, 0.05) is 16.7 Å². The molecular formula is C18H16ClN3O3S. The number of carbonyl (C=O) groups is 2. The van der Waals surface area contributed by atoms with Gasteiger partial charge in [-0.3, -0.25) is 25.8 Å². The molecule has 3 N–H and O–H groups in total. The van der Waals surface area contributed by atoms with Gasteiger partial charge in [0.2, 0.25) is 5.91 Å². The SMILES string of the molecule is COc1ccc(C(=O)NNC(=S)NC(=O)/C=C/c2ccccc2Cl)cc1. The predicted octanol–water partition coefficient (Wildman–Crippen LogP) is 2.70. The molecule has 2 aromatic carbocycles. The zero-order chi connectivity index (χ0) is 18.9. The number of hydrogen-bond acceptors (Lipinski definition) is 4. The number of rotatable bonds is 4. The Bertz CT molecular complexity index is 838. The van der Waals surface area contributed by atoms with Crippen LogP contribution in [0.4, 0.5) is 0 Å². The van der Waals surface area contributed by atoms with Gasteiger partial charge in [0.1, 0.15) is 5.75 Å². The van der Waals surface area contributed by atoms with Crippen molar-refractivity contribution in [2.45, 2.75) is 0 Å². The van der Waals surface area contributed by atoms with E-state index in [9.17, 15) is 9.59 Å². The fraction of sp³-hybridized carbons (Fsp3) is 0.0556. The van der Waals surface area contributed by atoms with Gasteiger partial charge < -0.3 is 4.74 Å². The summed E-state index contributed by atoms with van der Waals surface area (Å²) in [6.07, 6.45) is 2.86. The van der Waals surface area contributed by atoms with Crippen molar-refractivity contribution in [2.24, 2.45) is 0 Å². The Hall–Kier alpha value is -2.90. The minimum Gasteiger partial charge on any atom is -0.497 e. The molecule has 0 unspecified atom stereocenters. The van der Waals surface area contributed by atoms with Crippen LogP contribution in [0.5, 0.6) is 5.75 Å². The second-order valence-corrected chi connectivity index (χ2v) is 5.80. The number of methoxy groups -OCH3 is 1. The van der Waals surface area contributed by atoms with Crippen LogP contribution in [0.15, 0.2) is 54.6 Å². The molecule has 0 aromatic heterocycles. The minimum absolute atomic E-state index is 0.0410. The molecule has 0 atom stereocenters. The van der Waals surface area contributed by atoms with E-state index in [1.807, 2.05) is 6.07 Å². The monoisotopic (exact) mass is 389 g/mol. The number of amides is 2. The Balaban J connectivity index is 1.81. The number of hydrazine groups is 1. The minimum atomic E-state index is -0.457. The first kappa shape index (κ1) is 19.4. The molecule has 26 heavy (non-hydrogen) atoms. The number of nitrogens with one attached hydrogen (secondary N) is 3. The molecule has 2 aromatic rings. The number of ether oxygens (including phenoxy) is 1. The lowest BCUT2D eigenvalue weighted by molar-refractivity contribution is -0.115. The summed E-state index contributed by atoms with van der Waals surface area (Å²) in [7, 11) is 1.54. The predicted molar refractivity (Wildman–Crippen MR) is 105 cm³/mol. The van der Waals surface area contributed by atoms with Crippen LogP contribution in [0.2, 0.25) is 5.02 Å². The first-order valence-corrected chi connectivity index (χ1v) is 8.26. The lowest BCUT2D eigenvalue weighted by Crippen LogP contribution is -2.48. The van der Waals surface area contributed by atoms with Gasteiger partial charge in [0.05, 0.1) is 7.11 Å². The van der Waals surface area contributed by atoms with Gasteiger partial charge in [0.25, 0.3) is 5.91 Å². The molecule has 6 nitrogen and oxygen atoms in total. The van der Waals surface area contributed by atoms with Gasteiger partial charge in [-0.25, -0.2) is 0 Å². The average Bonchev–Trinajstić information content (AvgIpc) is 2.65. The van der Waals surface area contributed by atoms with Crippen molar-refractivity contribution in [1.82, 2.24) is 16.2 Å². The summed E-state index contributed by atoms with van der Waals surface area (Å²) in [5.41, 5.74) is 5.97. The third kappa shape index (κ3) is 5.87. The molecule has 134 valence electrons. The van der Waals surface area contributed by atoms with Gasteiger partial charge in [0.15, 0.2) is 5.11 Å². The molecule has 0 aliphatic carbocycles. The van der Waals surface area contributed by atoms with E-state index in [0.29, 0.717) is 21.9 Å². The first-order chi connectivity index (χ1) is 12.5. The number of halogens is 1. The third-order valence-electron chi connectivity index (χ3n) is 3.20. The van der Waals surface area contributed by atoms with Crippen LogP contribution in [0.25, 0.3) is 6.08 Å². The summed E-state index contributed by atoms with van der Waals surface area (Å²) in [4.78, 5) is 23.8. The van der Waals surface area contributed by atoms with Gasteiger partial charge in [-0.15, -0.1) is 0 Å². The molecule has 0 radical (unpaired) electrons. The van der Waals surface area contributed by atoms with Crippen LogP contribution >= 0.6 is 23.8 Å². The van der Waals surface area contributed by atoms with Crippen LogP contribution in [0.3, 0.4) is 0 Å². The summed E-state index contributed by atoms with van der Waals surface area (Å²) in [5.74, 6) is -0.223. The Morgan fingerprint density at radius 1 is 1.08 bits per heavy atom. The summed E-state index contributed by atoms with van der Waals surface area (Å²) in [5, 5.41) is 2.90. The fourth-order valence-corrected chi connectivity index (χ4v) is 2.24. The van der Waals surface area contributed by atoms with Crippen LogP contribution in [0, 0.1) is 0 Å². The van der Waals surface area contributed by atoms with Crippen LogP contribution in [-0.2, 0) is 4.79 Å². The Morgan fingerprint density at radius 2 is 1.77 bits per heavy atom. The second-order valence-electron chi connectivity index (χ2n) is 4.98. The average molecular weight is 390 g/mol. The molecule has 0 fully saturated rings. The first-order valence-electron chi connectivity index (χ1n) is 7.47. The lowest BCUT2D eigenvalue weighted by Gasteiger charge is -2.10. The molecule has 0 aliphatic rings. The van der Waals surface area contributed by atoms with E-state index in [1.54, 1.807) is 48.5 Å². The number of carbonyl (C=O) groups excluding carboxylic acids is 2. The van der Waals surface area contributed by atoms with Gasteiger partial charge in [-0.2, -0.15) is 0 Å². The van der Waals surface area contributed by atoms with Crippen LogP contribution in [0.1, 0.15) is 15.9 Å². The third-order valence-corrected chi connectivity index (χ3v) is 3.75. The maximum absolute atomic E-state index is 12.0.